The van der Waals surface area contributed by atoms with E-state index in [1.165, 1.54) is 0 Å². The number of amides is 1. The first-order valence-corrected chi connectivity index (χ1v) is 7.79. The van der Waals surface area contributed by atoms with Crippen LogP contribution in [0.3, 0.4) is 0 Å². The van der Waals surface area contributed by atoms with E-state index in [1.54, 1.807) is 25.1 Å². The zero-order valence-corrected chi connectivity index (χ0v) is 14.9. The quantitative estimate of drug-likeness (QED) is 0.887. The molecule has 1 aromatic rings. The molecule has 1 heterocycles. The van der Waals surface area contributed by atoms with Crippen LogP contribution in [-0.4, -0.2) is 36.0 Å². The molecule has 22 heavy (non-hydrogen) atoms. The fraction of sp³-hybridized carbons (Fsp3) is 0.533. The van der Waals surface area contributed by atoms with E-state index < -0.39 is 6.10 Å². The normalized spacial score (nSPS) is 22.1. The number of carbonyl (C=O) groups is 1. The number of halogens is 3. The lowest BCUT2D eigenvalue weighted by Gasteiger charge is -2.25. The first-order chi connectivity index (χ1) is 9.90. The zero-order valence-electron chi connectivity index (χ0n) is 12.6. The van der Waals surface area contributed by atoms with Gasteiger partial charge in [0.2, 0.25) is 0 Å². The van der Waals surface area contributed by atoms with Crippen molar-refractivity contribution in [3.8, 4) is 5.75 Å². The Morgan fingerprint density at radius 2 is 2.00 bits per heavy atom. The van der Waals surface area contributed by atoms with Gasteiger partial charge in [0, 0.05) is 22.6 Å². The Morgan fingerprint density at radius 1 is 1.41 bits per heavy atom. The first kappa shape index (κ1) is 19.4. The molecule has 1 amide bonds. The molecule has 7 heteroatoms. The minimum Gasteiger partial charge on any atom is -0.481 e. The van der Waals surface area contributed by atoms with Gasteiger partial charge in [-0.1, -0.05) is 23.2 Å². The van der Waals surface area contributed by atoms with E-state index in [9.17, 15) is 4.79 Å². The van der Waals surface area contributed by atoms with Gasteiger partial charge < -0.3 is 15.4 Å². The lowest BCUT2D eigenvalue weighted by Crippen LogP contribution is -2.42. The number of hydrogen-bond donors (Lipinski definition) is 1. The smallest absolute Gasteiger partial charge is 0.263 e. The summed E-state index contributed by atoms with van der Waals surface area (Å²) in [4.78, 5) is 14.3. The molecule has 3 unspecified atom stereocenters. The number of nitrogens with two attached hydrogens (primary N) is 1. The summed E-state index contributed by atoms with van der Waals surface area (Å²) in [6.45, 7) is 5.07. The Labute approximate surface area is 147 Å². The average molecular weight is 368 g/mol. The predicted molar refractivity (Wildman–Crippen MR) is 92.1 cm³/mol. The molecular weight excluding hydrogens is 347 g/mol. The number of likely N-dealkylation sites (tertiary alicyclic amines) is 1. The van der Waals surface area contributed by atoms with Crippen LogP contribution < -0.4 is 10.5 Å². The van der Waals surface area contributed by atoms with Crippen molar-refractivity contribution in [2.24, 2.45) is 11.7 Å². The Balaban J connectivity index is 0.00000242. The van der Waals surface area contributed by atoms with Gasteiger partial charge in [0.05, 0.1) is 0 Å². The van der Waals surface area contributed by atoms with Gasteiger partial charge in [-0.2, -0.15) is 0 Å². The number of hydrogen-bond acceptors (Lipinski definition) is 3. The SMILES string of the molecule is CC(Oc1cc(Cl)cc(Cl)c1)C(=O)N1CC(CN)CC1C.Cl. The molecule has 0 spiro atoms. The molecule has 0 bridgehead atoms. The van der Waals surface area contributed by atoms with Gasteiger partial charge >= 0.3 is 0 Å². The van der Waals surface area contributed by atoms with Gasteiger partial charge in [-0.15, -0.1) is 12.4 Å². The van der Waals surface area contributed by atoms with Crippen molar-refractivity contribution in [2.75, 3.05) is 13.1 Å². The summed E-state index contributed by atoms with van der Waals surface area (Å²) >= 11 is 11.9. The second kappa shape index (κ2) is 8.25. The summed E-state index contributed by atoms with van der Waals surface area (Å²) < 4.78 is 5.68. The molecule has 2 rings (SSSR count). The number of ether oxygens (including phenoxy) is 1. The van der Waals surface area contributed by atoms with E-state index in [1.807, 2.05) is 11.8 Å². The summed E-state index contributed by atoms with van der Waals surface area (Å²) in [5.74, 6) is 0.835. The highest BCUT2D eigenvalue weighted by atomic mass is 35.5. The van der Waals surface area contributed by atoms with Crippen molar-refractivity contribution in [1.29, 1.82) is 0 Å². The molecule has 3 atom stereocenters. The topological polar surface area (TPSA) is 55.6 Å². The number of benzene rings is 1. The van der Waals surface area contributed by atoms with Crippen LogP contribution in [0.4, 0.5) is 0 Å². The zero-order chi connectivity index (χ0) is 15.6. The highest BCUT2D eigenvalue weighted by Gasteiger charge is 2.34. The maximum Gasteiger partial charge on any atom is 0.263 e. The van der Waals surface area contributed by atoms with Crippen molar-refractivity contribution in [1.82, 2.24) is 4.90 Å². The van der Waals surface area contributed by atoms with Crippen LogP contribution in [0.25, 0.3) is 0 Å². The number of nitrogens with zero attached hydrogens (tertiary/aromatic N) is 1. The molecule has 2 N–H and O–H groups in total. The van der Waals surface area contributed by atoms with Crippen LogP contribution in [0.5, 0.6) is 5.75 Å². The molecule has 124 valence electrons. The molecule has 1 aromatic carbocycles. The van der Waals surface area contributed by atoms with Crippen LogP contribution in [0, 0.1) is 5.92 Å². The van der Waals surface area contributed by atoms with E-state index in [2.05, 4.69) is 0 Å². The number of rotatable bonds is 4. The van der Waals surface area contributed by atoms with Crippen molar-refractivity contribution in [2.45, 2.75) is 32.4 Å². The second-order valence-corrected chi connectivity index (χ2v) is 6.42. The molecule has 0 aromatic heterocycles. The third-order valence-electron chi connectivity index (χ3n) is 3.77. The van der Waals surface area contributed by atoms with Gasteiger partial charge in [-0.05, 0) is 50.9 Å². The van der Waals surface area contributed by atoms with Gasteiger partial charge in [0.25, 0.3) is 5.91 Å². The average Bonchev–Trinajstić information content (AvgIpc) is 2.77. The van der Waals surface area contributed by atoms with Crippen LogP contribution in [0.1, 0.15) is 20.3 Å². The highest BCUT2D eigenvalue weighted by Crippen LogP contribution is 2.27. The largest absolute Gasteiger partial charge is 0.481 e. The maximum absolute atomic E-state index is 12.5. The van der Waals surface area contributed by atoms with Gasteiger partial charge in [-0.25, -0.2) is 0 Å². The van der Waals surface area contributed by atoms with Crippen LogP contribution in [0.2, 0.25) is 10.0 Å². The Morgan fingerprint density at radius 3 is 2.50 bits per heavy atom. The first-order valence-electron chi connectivity index (χ1n) is 7.04. The summed E-state index contributed by atoms with van der Waals surface area (Å²) in [6, 6.07) is 5.11. The van der Waals surface area contributed by atoms with Crippen molar-refractivity contribution in [3.63, 3.8) is 0 Å². The van der Waals surface area contributed by atoms with Crippen LogP contribution in [-0.2, 0) is 4.79 Å². The van der Waals surface area contributed by atoms with Crippen molar-refractivity contribution in [3.05, 3.63) is 28.2 Å². The Kier molecular flexibility index (Phi) is 7.26. The van der Waals surface area contributed by atoms with Crippen LogP contribution in [0.15, 0.2) is 18.2 Å². The second-order valence-electron chi connectivity index (χ2n) is 5.54. The summed E-state index contributed by atoms with van der Waals surface area (Å²) in [5, 5.41) is 0.963. The van der Waals surface area contributed by atoms with Gasteiger partial charge in [0.15, 0.2) is 6.10 Å². The standard InChI is InChI=1S/C15H20Cl2N2O2.ClH/c1-9-3-11(7-18)8-19(9)15(20)10(2)21-14-5-12(16)4-13(17)6-14;/h4-6,9-11H,3,7-8,18H2,1-2H3;1H. The van der Waals surface area contributed by atoms with E-state index in [-0.39, 0.29) is 24.4 Å². The summed E-state index contributed by atoms with van der Waals surface area (Å²) in [6.07, 6.45) is 0.358. The maximum atomic E-state index is 12.5. The fourth-order valence-electron chi connectivity index (χ4n) is 2.70. The Hall–Kier alpha value is -0.680. The van der Waals surface area contributed by atoms with Crippen LogP contribution >= 0.6 is 35.6 Å². The molecule has 1 fully saturated rings. The lowest BCUT2D eigenvalue weighted by atomic mass is 10.1. The summed E-state index contributed by atoms with van der Waals surface area (Å²) in [7, 11) is 0. The number of carbonyl (C=O) groups excluding carboxylic acids is 1. The van der Waals surface area contributed by atoms with Gasteiger partial charge in [0.1, 0.15) is 5.75 Å². The minimum absolute atomic E-state index is 0. The highest BCUT2D eigenvalue weighted by molar-refractivity contribution is 6.34. The molecule has 1 aliphatic heterocycles. The summed E-state index contributed by atoms with van der Waals surface area (Å²) in [5.41, 5.74) is 5.69. The lowest BCUT2D eigenvalue weighted by molar-refractivity contribution is -0.138. The predicted octanol–water partition coefficient (Wildman–Crippen LogP) is 3.38. The van der Waals surface area contributed by atoms with Crippen molar-refractivity contribution < 1.29 is 9.53 Å². The molecule has 0 radical (unpaired) electrons. The van der Waals surface area contributed by atoms with E-state index >= 15 is 0 Å². The third-order valence-corrected chi connectivity index (χ3v) is 4.21. The Bertz CT molecular complexity index is 507. The van der Waals surface area contributed by atoms with E-state index in [4.69, 9.17) is 33.7 Å². The third kappa shape index (κ3) is 4.66. The monoisotopic (exact) mass is 366 g/mol. The van der Waals surface area contributed by atoms with E-state index in [0.29, 0.717) is 34.8 Å². The minimum atomic E-state index is -0.585. The van der Waals surface area contributed by atoms with Crippen molar-refractivity contribution >= 4 is 41.5 Å². The fourth-order valence-corrected chi connectivity index (χ4v) is 3.21. The molecule has 1 aliphatic rings. The molecule has 0 saturated carbocycles. The molecular formula is C15H21Cl3N2O2. The van der Waals surface area contributed by atoms with E-state index in [0.717, 1.165) is 6.42 Å². The molecule has 4 nitrogen and oxygen atoms in total. The van der Waals surface area contributed by atoms with Gasteiger partial charge in [-0.3, -0.25) is 4.79 Å². The molecule has 1 saturated heterocycles. The molecule has 0 aliphatic carbocycles.